The number of rotatable bonds is 5. The van der Waals surface area contributed by atoms with Crippen molar-refractivity contribution in [3.63, 3.8) is 0 Å². The Hall–Kier alpha value is -1.32. The highest BCUT2D eigenvalue weighted by molar-refractivity contribution is 5.82. The van der Waals surface area contributed by atoms with Gasteiger partial charge in [-0.15, -0.1) is 0 Å². The van der Waals surface area contributed by atoms with E-state index in [2.05, 4.69) is 17.1 Å². The summed E-state index contributed by atoms with van der Waals surface area (Å²) in [6.07, 6.45) is 2.00. The molecule has 0 saturated heterocycles. The van der Waals surface area contributed by atoms with Gasteiger partial charge in [0.2, 0.25) is 0 Å². The predicted octanol–water partition coefficient (Wildman–Crippen LogP) is 2.33. The third-order valence-corrected chi connectivity index (χ3v) is 2.36. The molecule has 0 spiro atoms. The maximum absolute atomic E-state index is 5.48. The Bertz CT molecular complexity index is 422. The summed E-state index contributed by atoms with van der Waals surface area (Å²) in [5, 5.41) is 1.23. The Morgan fingerprint density at radius 2 is 2.07 bits per heavy atom. The van der Waals surface area contributed by atoms with E-state index in [1.54, 1.807) is 7.11 Å². The summed E-state index contributed by atoms with van der Waals surface area (Å²) < 4.78 is 10.4. The number of aromatic nitrogens is 1. The highest BCUT2D eigenvalue weighted by Crippen LogP contribution is 2.18. The number of ether oxygens (including phenoxy) is 2. The summed E-state index contributed by atoms with van der Waals surface area (Å²) in [6.45, 7) is 1.91. The molecule has 0 aliphatic rings. The molecule has 15 heavy (non-hydrogen) atoms. The second kappa shape index (κ2) is 4.96. The van der Waals surface area contributed by atoms with Crippen molar-refractivity contribution in [2.75, 3.05) is 20.3 Å². The number of H-pyrrole nitrogens is 1. The Morgan fingerprint density at radius 3 is 2.93 bits per heavy atom. The van der Waals surface area contributed by atoms with Gasteiger partial charge in [0.25, 0.3) is 0 Å². The molecule has 0 bridgehead atoms. The first-order valence-electron chi connectivity index (χ1n) is 5.03. The van der Waals surface area contributed by atoms with E-state index in [0.717, 1.165) is 5.52 Å². The van der Waals surface area contributed by atoms with Gasteiger partial charge in [-0.05, 0) is 6.07 Å². The molecule has 1 aromatic carbocycles. The summed E-state index contributed by atoms with van der Waals surface area (Å²) in [7, 11) is 1.68. The minimum atomic E-state index is 0.632. The van der Waals surface area contributed by atoms with Gasteiger partial charge >= 0.3 is 0 Å². The molecular formula is C12H15NO2. The predicted molar refractivity (Wildman–Crippen MR) is 59.8 cm³/mol. The second-order valence-electron chi connectivity index (χ2n) is 3.40. The van der Waals surface area contributed by atoms with Gasteiger partial charge in [-0.1, -0.05) is 18.2 Å². The van der Waals surface area contributed by atoms with Gasteiger partial charge in [0.1, 0.15) is 0 Å². The molecule has 1 heterocycles. The van der Waals surface area contributed by atoms with Gasteiger partial charge in [0.15, 0.2) is 0 Å². The van der Waals surface area contributed by atoms with Crippen molar-refractivity contribution in [1.29, 1.82) is 0 Å². The molecule has 1 aromatic heterocycles. The number of hydrogen-bond donors (Lipinski definition) is 1. The number of fused-ring (bicyclic) bond motifs is 1. The van der Waals surface area contributed by atoms with Crippen LogP contribution in [0.3, 0.4) is 0 Å². The fourth-order valence-electron chi connectivity index (χ4n) is 1.58. The van der Waals surface area contributed by atoms with Crippen LogP contribution < -0.4 is 0 Å². The third-order valence-electron chi connectivity index (χ3n) is 2.36. The molecule has 1 N–H and O–H groups in total. The smallest absolute Gasteiger partial charge is 0.0738 e. The molecule has 0 fully saturated rings. The van der Waals surface area contributed by atoms with Crippen molar-refractivity contribution in [2.45, 2.75) is 6.61 Å². The number of benzene rings is 1. The fourth-order valence-corrected chi connectivity index (χ4v) is 1.58. The van der Waals surface area contributed by atoms with E-state index >= 15 is 0 Å². The molecule has 80 valence electrons. The fraction of sp³-hybridized carbons (Fsp3) is 0.333. The summed E-state index contributed by atoms with van der Waals surface area (Å²) in [5.41, 5.74) is 2.35. The lowest BCUT2D eigenvalue weighted by Crippen LogP contribution is -2.01. The molecule has 3 nitrogen and oxygen atoms in total. The van der Waals surface area contributed by atoms with E-state index in [1.807, 2.05) is 18.3 Å². The van der Waals surface area contributed by atoms with E-state index in [9.17, 15) is 0 Å². The molecule has 0 radical (unpaired) electrons. The van der Waals surface area contributed by atoms with Crippen molar-refractivity contribution < 1.29 is 9.47 Å². The Balaban J connectivity index is 2.02. The van der Waals surface area contributed by atoms with Crippen molar-refractivity contribution in [3.05, 3.63) is 36.0 Å². The monoisotopic (exact) mass is 205 g/mol. The average molecular weight is 205 g/mol. The summed E-state index contributed by atoms with van der Waals surface area (Å²) in [4.78, 5) is 3.22. The van der Waals surface area contributed by atoms with Crippen LogP contribution >= 0.6 is 0 Å². The van der Waals surface area contributed by atoms with Crippen LogP contribution in [0, 0.1) is 0 Å². The molecule has 0 aliphatic carbocycles. The van der Waals surface area contributed by atoms with Gasteiger partial charge in [-0.25, -0.2) is 0 Å². The average Bonchev–Trinajstić information content (AvgIpc) is 2.68. The Kier molecular flexibility index (Phi) is 3.37. The SMILES string of the molecule is COCCOCc1c[nH]c2ccccc12. The molecular weight excluding hydrogens is 190 g/mol. The van der Waals surface area contributed by atoms with Gasteiger partial charge < -0.3 is 14.5 Å². The summed E-state index contributed by atoms with van der Waals surface area (Å²) in [6, 6.07) is 8.22. The highest BCUT2D eigenvalue weighted by Gasteiger charge is 2.01. The Labute approximate surface area is 89.0 Å². The first-order chi connectivity index (χ1) is 7.42. The maximum Gasteiger partial charge on any atom is 0.0738 e. The zero-order valence-electron chi connectivity index (χ0n) is 8.82. The zero-order valence-corrected chi connectivity index (χ0v) is 8.82. The first kappa shape index (κ1) is 10.2. The van der Waals surface area contributed by atoms with E-state index in [4.69, 9.17) is 9.47 Å². The van der Waals surface area contributed by atoms with Gasteiger partial charge in [0, 0.05) is 29.8 Å². The number of methoxy groups -OCH3 is 1. The van der Waals surface area contributed by atoms with Crippen LogP contribution in [0.15, 0.2) is 30.5 Å². The number of para-hydroxylation sites is 1. The second-order valence-corrected chi connectivity index (χ2v) is 3.40. The molecule has 0 aliphatic heterocycles. The minimum Gasteiger partial charge on any atom is -0.382 e. The van der Waals surface area contributed by atoms with E-state index in [-0.39, 0.29) is 0 Å². The lowest BCUT2D eigenvalue weighted by atomic mass is 10.2. The molecule has 0 saturated carbocycles. The molecule has 2 aromatic rings. The third kappa shape index (κ3) is 2.37. The molecule has 0 amide bonds. The molecule has 2 rings (SSSR count). The lowest BCUT2D eigenvalue weighted by Gasteiger charge is -2.01. The first-order valence-corrected chi connectivity index (χ1v) is 5.03. The van der Waals surface area contributed by atoms with E-state index < -0.39 is 0 Å². The maximum atomic E-state index is 5.48. The number of nitrogens with one attached hydrogen (secondary N) is 1. The van der Waals surface area contributed by atoms with Crippen LogP contribution in [0.2, 0.25) is 0 Å². The van der Waals surface area contributed by atoms with Crippen molar-refractivity contribution in [1.82, 2.24) is 4.98 Å². The van der Waals surface area contributed by atoms with E-state index in [0.29, 0.717) is 19.8 Å². The topological polar surface area (TPSA) is 34.2 Å². The standard InChI is InChI=1S/C12H15NO2/c1-14-6-7-15-9-10-8-13-12-5-3-2-4-11(10)12/h2-5,8,13H,6-7,9H2,1H3. The normalized spacial score (nSPS) is 11.0. The van der Waals surface area contributed by atoms with Crippen LogP contribution in [-0.4, -0.2) is 25.3 Å². The number of hydrogen-bond acceptors (Lipinski definition) is 2. The van der Waals surface area contributed by atoms with E-state index in [1.165, 1.54) is 10.9 Å². The Morgan fingerprint density at radius 1 is 1.20 bits per heavy atom. The summed E-state index contributed by atoms with van der Waals surface area (Å²) >= 11 is 0. The van der Waals surface area contributed by atoms with Crippen LogP contribution in [0.4, 0.5) is 0 Å². The van der Waals surface area contributed by atoms with Gasteiger partial charge in [-0.2, -0.15) is 0 Å². The van der Waals surface area contributed by atoms with Crippen molar-refractivity contribution in [2.24, 2.45) is 0 Å². The lowest BCUT2D eigenvalue weighted by molar-refractivity contribution is 0.0621. The summed E-state index contributed by atoms with van der Waals surface area (Å²) in [5.74, 6) is 0. The van der Waals surface area contributed by atoms with Gasteiger partial charge in [-0.3, -0.25) is 0 Å². The quantitative estimate of drug-likeness (QED) is 0.760. The molecule has 0 unspecified atom stereocenters. The van der Waals surface area contributed by atoms with Crippen LogP contribution in [0.25, 0.3) is 10.9 Å². The van der Waals surface area contributed by atoms with Crippen LogP contribution in [-0.2, 0) is 16.1 Å². The molecule has 3 heteroatoms. The zero-order chi connectivity index (χ0) is 10.5. The van der Waals surface area contributed by atoms with Crippen molar-refractivity contribution in [3.8, 4) is 0 Å². The van der Waals surface area contributed by atoms with Crippen molar-refractivity contribution >= 4 is 10.9 Å². The highest BCUT2D eigenvalue weighted by atomic mass is 16.5. The number of aromatic amines is 1. The van der Waals surface area contributed by atoms with Gasteiger partial charge in [0.05, 0.1) is 19.8 Å². The van der Waals surface area contributed by atoms with Crippen LogP contribution in [0.1, 0.15) is 5.56 Å². The largest absolute Gasteiger partial charge is 0.382 e. The molecule has 0 atom stereocenters. The minimum absolute atomic E-state index is 0.632. The van der Waals surface area contributed by atoms with Crippen LogP contribution in [0.5, 0.6) is 0 Å².